The average molecular weight is 496 g/mol. The van der Waals surface area contributed by atoms with Crippen LogP contribution in [0.25, 0.3) is 0 Å². The molecule has 1 aromatic rings. The van der Waals surface area contributed by atoms with E-state index in [1.54, 1.807) is 12.1 Å². The van der Waals surface area contributed by atoms with Gasteiger partial charge in [0.1, 0.15) is 6.04 Å². The van der Waals surface area contributed by atoms with E-state index in [2.05, 4.69) is 15.1 Å². The first kappa shape index (κ1) is 23.1. The summed E-state index contributed by atoms with van der Waals surface area (Å²) in [5, 5.41) is 11.2. The van der Waals surface area contributed by atoms with Crippen LogP contribution in [-0.4, -0.2) is 106 Å². The van der Waals surface area contributed by atoms with Crippen molar-refractivity contribution in [2.75, 3.05) is 44.2 Å². The first-order valence-electron chi connectivity index (χ1n) is 12.6. The molecule has 1 aromatic carbocycles. The number of carbonyl (C=O) groups is 5. The van der Waals surface area contributed by atoms with Crippen LogP contribution < -0.4 is 10.2 Å². The van der Waals surface area contributed by atoms with Gasteiger partial charge < -0.3 is 10.0 Å². The minimum absolute atomic E-state index is 0.0971. The fourth-order valence-corrected chi connectivity index (χ4v) is 6.65. The number of nitrogens with zero attached hydrogens (tertiary/aromatic N) is 4. The molecule has 6 rings (SSSR count). The van der Waals surface area contributed by atoms with Gasteiger partial charge in [-0.05, 0) is 43.9 Å². The molecule has 0 unspecified atom stereocenters. The summed E-state index contributed by atoms with van der Waals surface area (Å²) in [6.45, 7) is 4.46. The molecule has 4 fully saturated rings. The molecule has 0 aromatic heterocycles. The smallest absolute Gasteiger partial charge is 0.317 e. The van der Waals surface area contributed by atoms with E-state index in [9.17, 15) is 24.0 Å². The Morgan fingerprint density at radius 2 is 1.72 bits per heavy atom. The lowest BCUT2D eigenvalue weighted by molar-refractivity contribution is -0.160. The maximum atomic E-state index is 13.1. The Bertz CT molecular complexity index is 1170. The monoisotopic (exact) mass is 495 g/mol. The van der Waals surface area contributed by atoms with E-state index < -0.39 is 35.6 Å². The number of carbonyl (C=O) groups excluding carboxylic acids is 4. The molecule has 0 saturated carbocycles. The molecule has 2 N–H and O–H groups in total. The Morgan fingerprint density at radius 1 is 1.00 bits per heavy atom. The van der Waals surface area contributed by atoms with Crippen LogP contribution in [0.5, 0.6) is 0 Å². The normalized spacial score (nSPS) is 26.6. The summed E-state index contributed by atoms with van der Waals surface area (Å²) in [5.74, 6) is -2.75. The van der Waals surface area contributed by atoms with Crippen LogP contribution in [0, 0.1) is 0 Å². The van der Waals surface area contributed by atoms with Gasteiger partial charge in [-0.1, -0.05) is 0 Å². The molecule has 5 aliphatic rings. The Hall–Kier alpha value is -3.31. The Balaban J connectivity index is 1.10. The van der Waals surface area contributed by atoms with Crippen molar-refractivity contribution in [3.63, 3.8) is 0 Å². The molecule has 0 aliphatic carbocycles. The molecular formula is C25H29N5O6. The van der Waals surface area contributed by atoms with Gasteiger partial charge in [0.05, 0.1) is 17.7 Å². The first-order valence-corrected chi connectivity index (χ1v) is 12.6. The van der Waals surface area contributed by atoms with Crippen molar-refractivity contribution in [3.05, 3.63) is 29.3 Å². The van der Waals surface area contributed by atoms with Gasteiger partial charge in [0.15, 0.2) is 0 Å². The van der Waals surface area contributed by atoms with Crippen molar-refractivity contribution in [1.29, 1.82) is 0 Å². The van der Waals surface area contributed by atoms with Gasteiger partial charge in [-0.25, -0.2) is 0 Å². The number of imide groups is 2. The van der Waals surface area contributed by atoms with Gasteiger partial charge in [0, 0.05) is 56.4 Å². The molecule has 4 saturated heterocycles. The summed E-state index contributed by atoms with van der Waals surface area (Å²) in [7, 11) is 0. The molecule has 36 heavy (non-hydrogen) atoms. The number of carboxylic acid groups (broad SMARTS) is 1. The average Bonchev–Trinajstić information content (AvgIpc) is 3.05. The summed E-state index contributed by atoms with van der Waals surface area (Å²) in [4.78, 5) is 68.6. The SMILES string of the molecule is O=C(O)CN1CC2(CCN2C2CCN(c3ccc4c(c3)C(=O)N([C@H]3CCC(=O)NC3=O)C4=O)CC2)C1. The van der Waals surface area contributed by atoms with Crippen molar-refractivity contribution >= 4 is 35.3 Å². The molecule has 0 radical (unpaired) electrons. The number of aliphatic carboxylic acids is 1. The van der Waals surface area contributed by atoms with Gasteiger partial charge in [0.25, 0.3) is 11.8 Å². The highest BCUT2D eigenvalue weighted by molar-refractivity contribution is 6.23. The lowest BCUT2D eigenvalue weighted by Crippen LogP contribution is -2.79. The highest BCUT2D eigenvalue weighted by Gasteiger charge is 2.55. The van der Waals surface area contributed by atoms with Crippen LogP contribution in [0.3, 0.4) is 0 Å². The number of piperidine rings is 2. The Kier molecular flexibility index (Phi) is 5.38. The third-order valence-electron chi connectivity index (χ3n) is 8.52. The van der Waals surface area contributed by atoms with E-state index in [0.29, 0.717) is 17.2 Å². The van der Waals surface area contributed by atoms with Crippen LogP contribution in [-0.2, 0) is 14.4 Å². The van der Waals surface area contributed by atoms with Crippen LogP contribution in [0.2, 0.25) is 0 Å². The molecule has 11 heteroatoms. The van der Waals surface area contributed by atoms with Gasteiger partial charge >= 0.3 is 5.97 Å². The van der Waals surface area contributed by atoms with Gasteiger partial charge in [-0.15, -0.1) is 0 Å². The van der Waals surface area contributed by atoms with Crippen molar-refractivity contribution in [2.45, 2.75) is 49.7 Å². The summed E-state index contributed by atoms with van der Waals surface area (Å²) in [6.07, 6.45) is 3.32. The quantitative estimate of drug-likeness (QED) is 0.538. The molecule has 4 amide bonds. The number of likely N-dealkylation sites (tertiary alicyclic amines) is 2. The molecular weight excluding hydrogens is 466 g/mol. The molecule has 0 bridgehead atoms. The minimum atomic E-state index is -0.962. The number of rotatable bonds is 5. The zero-order chi connectivity index (χ0) is 25.2. The lowest BCUT2D eigenvalue weighted by atomic mass is 9.75. The molecule has 11 nitrogen and oxygen atoms in total. The summed E-state index contributed by atoms with van der Waals surface area (Å²) in [6, 6.07) is 4.78. The summed E-state index contributed by atoms with van der Waals surface area (Å²) < 4.78 is 0. The van der Waals surface area contributed by atoms with Crippen LogP contribution in [0.4, 0.5) is 5.69 Å². The molecule has 5 aliphatic heterocycles. The molecule has 5 heterocycles. The number of amides is 4. The third kappa shape index (κ3) is 3.60. The molecule has 1 spiro atoms. The number of nitrogens with one attached hydrogen (secondary N) is 1. The largest absolute Gasteiger partial charge is 0.480 e. The van der Waals surface area contributed by atoms with E-state index in [1.807, 2.05) is 11.0 Å². The highest BCUT2D eigenvalue weighted by atomic mass is 16.4. The zero-order valence-electron chi connectivity index (χ0n) is 19.9. The number of hydrogen-bond acceptors (Lipinski definition) is 8. The van der Waals surface area contributed by atoms with Gasteiger partial charge in [-0.2, -0.15) is 0 Å². The maximum absolute atomic E-state index is 13.1. The second kappa shape index (κ2) is 8.38. The minimum Gasteiger partial charge on any atom is -0.480 e. The molecule has 1 atom stereocenters. The van der Waals surface area contributed by atoms with E-state index in [1.165, 1.54) is 0 Å². The predicted molar refractivity (Wildman–Crippen MR) is 126 cm³/mol. The fraction of sp³-hybridized carbons (Fsp3) is 0.560. The number of fused-ring (bicyclic) bond motifs is 1. The first-order chi connectivity index (χ1) is 17.3. The van der Waals surface area contributed by atoms with E-state index in [0.717, 1.165) is 62.6 Å². The van der Waals surface area contributed by atoms with E-state index in [-0.39, 0.29) is 24.9 Å². The van der Waals surface area contributed by atoms with Crippen molar-refractivity contribution < 1.29 is 29.1 Å². The second-order valence-corrected chi connectivity index (χ2v) is 10.6. The third-order valence-corrected chi connectivity index (χ3v) is 8.52. The lowest BCUT2D eigenvalue weighted by Gasteiger charge is -2.65. The highest BCUT2D eigenvalue weighted by Crippen LogP contribution is 2.42. The number of carboxylic acids is 1. The van der Waals surface area contributed by atoms with Gasteiger partial charge in [0.2, 0.25) is 11.8 Å². The van der Waals surface area contributed by atoms with E-state index >= 15 is 0 Å². The molecule has 190 valence electrons. The van der Waals surface area contributed by atoms with E-state index in [4.69, 9.17) is 5.11 Å². The number of benzene rings is 1. The van der Waals surface area contributed by atoms with Crippen LogP contribution >= 0.6 is 0 Å². The predicted octanol–water partition coefficient (Wildman–Crippen LogP) is -0.0987. The topological polar surface area (TPSA) is 131 Å². The van der Waals surface area contributed by atoms with Crippen LogP contribution in [0.1, 0.15) is 52.8 Å². The standard InChI is InChI=1S/C25H29N5O6/c31-20-4-3-19(22(34)26-20)30-23(35)17-2-1-16(11-18(17)24(30)36)28-8-5-15(6-9-28)29-10-7-25(29)13-27(14-25)12-21(32)33/h1-2,11,15,19H,3-10,12-14H2,(H,32,33)(H,26,31,34)/t19-/m0/s1. The zero-order valence-corrected chi connectivity index (χ0v) is 19.9. The fourth-order valence-electron chi connectivity index (χ4n) is 6.65. The Labute approximate surface area is 208 Å². The van der Waals surface area contributed by atoms with Crippen LogP contribution in [0.15, 0.2) is 18.2 Å². The van der Waals surface area contributed by atoms with Crippen molar-refractivity contribution in [1.82, 2.24) is 20.0 Å². The van der Waals surface area contributed by atoms with Crippen molar-refractivity contribution in [3.8, 4) is 0 Å². The van der Waals surface area contributed by atoms with Gasteiger partial charge in [-0.3, -0.25) is 44.0 Å². The summed E-state index contributed by atoms with van der Waals surface area (Å²) in [5.41, 5.74) is 1.62. The van der Waals surface area contributed by atoms with Crippen molar-refractivity contribution in [2.24, 2.45) is 0 Å². The maximum Gasteiger partial charge on any atom is 0.317 e. The number of hydrogen-bond donors (Lipinski definition) is 2. The second-order valence-electron chi connectivity index (χ2n) is 10.6. The number of anilines is 1. The Morgan fingerprint density at radius 3 is 2.36 bits per heavy atom. The summed E-state index contributed by atoms with van der Waals surface area (Å²) >= 11 is 0.